The van der Waals surface area contributed by atoms with Crippen LogP contribution in [0.15, 0.2) is 0 Å². The number of rotatable bonds is 4. The minimum absolute atomic E-state index is 0.0806. The van der Waals surface area contributed by atoms with Crippen LogP contribution >= 0.6 is 0 Å². The number of alkyl halides is 3. The van der Waals surface area contributed by atoms with Gasteiger partial charge in [-0.25, -0.2) is 0 Å². The Balaban J connectivity index is 1.80. The number of nitrogens with zero attached hydrogens (tertiary/aromatic N) is 1. The Bertz CT molecular complexity index is 329. The Hall–Kier alpha value is -0.820. The molecule has 0 saturated carbocycles. The van der Waals surface area contributed by atoms with Gasteiger partial charge in [-0.1, -0.05) is 0 Å². The van der Waals surface area contributed by atoms with Crippen LogP contribution in [-0.4, -0.2) is 55.7 Å². The van der Waals surface area contributed by atoms with Crippen molar-refractivity contribution < 1.29 is 18.0 Å². The molecular formula is C13H22F3N3O. The zero-order chi connectivity index (χ0) is 14.6. The number of hydrogen-bond acceptors (Lipinski definition) is 3. The molecule has 0 aliphatic carbocycles. The Kier molecular flexibility index (Phi) is 5.26. The average Bonchev–Trinajstić information content (AvgIpc) is 2.85. The third kappa shape index (κ3) is 4.63. The smallest absolute Gasteiger partial charge is 0.346 e. The molecule has 0 radical (unpaired) electrons. The number of nitrogens with one attached hydrogen (secondary N) is 2. The quantitative estimate of drug-likeness (QED) is 0.817. The second-order valence-electron chi connectivity index (χ2n) is 5.68. The maximum Gasteiger partial charge on any atom is 0.405 e. The summed E-state index contributed by atoms with van der Waals surface area (Å²) in [7, 11) is 0. The molecule has 2 aliphatic rings. The van der Waals surface area contributed by atoms with Gasteiger partial charge >= 0.3 is 6.18 Å². The van der Waals surface area contributed by atoms with Crippen LogP contribution in [0, 0.1) is 5.92 Å². The molecular weight excluding hydrogens is 271 g/mol. The van der Waals surface area contributed by atoms with Crippen LogP contribution in [0.3, 0.4) is 0 Å². The molecule has 4 nitrogen and oxygen atoms in total. The maximum atomic E-state index is 12.1. The van der Waals surface area contributed by atoms with Gasteiger partial charge in [0.15, 0.2) is 0 Å². The Morgan fingerprint density at radius 2 is 2.10 bits per heavy atom. The van der Waals surface area contributed by atoms with E-state index in [0.717, 1.165) is 45.3 Å². The lowest BCUT2D eigenvalue weighted by Crippen LogP contribution is -2.47. The molecule has 2 unspecified atom stereocenters. The zero-order valence-electron chi connectivity index (χ0n) is 11.5. The second kappa shape index (κ2) is 6.76. The summed E-state index contributed by atoms with van der Waals surface area (Å²) < 4.78 is 36.2. The SMILES string of the molecule is O=C(CN1CCCC1C1CCCNC1)NCC(F)(F)F. The maximum absolute atomic E-state index is 12.1. The van der Waals surface area contributed by atoms with Gasteiger partial charge in [0.2, 0.25) is 5.91 Å². The topological polar surface area (TPSA) is 44.4 Å². The monoisotopic (exact) mass is 293 g/mol. The largest absolute Gasteiger partial charge is 0.405 e. The molecule has 0 aromatic rings. The van der Waals surface area contributed by atoms with Gasteiger partial charge in [0.1, 0.15) is 6.54 Å². The first-order valence-corrected chi connectivity index (χ1v) is 7.24. The molecule has 7 heteroatoms. The van der Waals surface area contributed by atoms with Crippen molar-refractivity contribution >= 4 is 5.91 Å². The van der Waals surface area contributed by atoms with Crippen molar-refractivity contribution in [3.05, 3.63) is 0 Å². The molecule has 0 spiro atoms. The van der Waals surface area contributed by atoms with Gasteiger partial charge in [-0.2, -0.15) is 13.2 Å². The van der Waals surface area contributed by atoms with Crippen LogP contribution in [0.5, 0.6) is 0 Å². The number of carbonyl (C=O) groups excluding carboxylic acids is 1. The fourth-order valence-electron chi connectivity index (χ4n) is 3.23. The number of amides is 1. The van der Waals surface area contributed by atoms with Crippen LogP contribution in [0.2, 0.25) is 0 Å². The molecule has 2 atom stereocenters. The molecule has 116 valence electrons. The van der Waals surface area contributed by atoms with E-state index in [1.807, 2.05) is 10.2 Å². The van der Waals surface area contributed by atoms with E-state index in [9.17, 15) is 18.0 Å². The van der Waals surface area contributed by atoms with E-state index in [2.05, 4.69) is 5.32 Å². The summed E-state index contributed by atoms with van der Waals surface area (Å²) in [4.78, 5) is 13.7. The minimum atomic E-state index is -4.34. The summed E-state index contributed by atoms with van der Waals surface area (Å²) in [5.41, 5.74) is 0. The number of hydrogen-bond donors (Lipinski definition) is 2. The first-order valence-electron chi connectivity index (χ1n) is 7.24. The van der Waals surface area contributed by atoms with Gasteiger partial charge in [0, 0.05) is 6.04 Å². The fourth-order valence-corrected chi connectivity index (χ4v) is 3.23. The van der Waals surface area contributed by atoms with Gasteiger partial charge in [0.05, 0.1) is 6.54 Å². The second-order valence-corrected chi connectivity index (χ2v) is 5.68. The summed E-state index contributed by atoms with van der Waals surface area (Å²) >= 11 is 0. The normalized spacial score (nSPS) is 28.6. The zero-order valence-corrected chi connectivity index (χ0v) is 11.5. The van der Waals surface area contributed by atoms with Gasteiger partial charge in [-0.3, -0.25) is 9.69 Å². The Morgan fingerprint density at radius 1 is 1.30 bits per heavy atom. The van der Waals surface area contributed by atoms with E-state index in [-0.39, 0.29) is 6.54 Å². The number of piperidine rings is 1. The van der Waals surface area contributed by atoms with Gasteiger partial charge in [-0.15, -0.1) is 0 Å². The standard InChI is InChI=1S/C13H22F3N3O/c14-13(15,16)9-18-12(20)8-19-6-2-4-11(19)10-3-1-5-17-7-10/h10-11,17H,1-9H2,(H,18,20). The third-order valence-electron chi connectivity index (χ3n) is 4.13. The van der Waals surface area contributed by atoms with E-state index < -0.39 is 18.6 Å². The summed E-state index contributed by atoms with van der Waals surface area (Å²) in [6.07, 6.45) is -0.00636. The lowest BCUT2D eigenvalue weighted by atomic mass is 9.90. The van der Waals surface area contributed by atoms with Crippen molar-refractivity contribution in [1.82, 2.24) is 15.5 Å². The summed E-state index contributed by atoms with van der Waals surface area (Å²) in [6.45, 7) is 1.63. The fraction of sp³-hybridized carbons (Fsp3) is 0.923. The molecule has 2 N–H and O–H groups in total. The average molecular weight is 293 g/mol. The summed E-state index contributed by atoms with van der Waals surface area (Å²) in [5.74, 6) is -0.0142. The lowest BCUT2D eigenvalue weighted by molar-refractivity contribution is -0.139. The van der Waals surface area contributed by atoms with E-state index in [1.54, 1.807) is 0 Å². The van der Waals surface area contributed by atoms with Gasteiger partial charge in [0.25, 0.3) is 0 Å². The van der Waals surface area contributed by atoms with E-state index in [0.29, 0.717) is 12.0 Å². The molecule has 0 aromatic carbocycles. The molecule has 0 aromatic heterocycles. The van der Waals surface area contributed by atoms with E-state index in [4.69, 9.17) is 0 Å². The van der Waals surface area contributed by atoms with Crippen molar-refractivity contribution in [2.75, 3.05) is 32.7 Å². The summed E-state index contributed by atoms with van der Waals surface area (Å²) in [6, 6.07) is 0.333. The molecule has 2 rings (SSSR count). The summed E-state index contributed by atoms with van der Waals surface area (Å²) in [5, 5.41) is 5.31. The highest BCUT2D eigenvalue weighted by Crippen LogP contribution is 2.27. The van der Waals surface area contributed by atoms with Crippen molar-refractivity contribution in [1.29, 1.82) is 0 Å². The number of carbonyl (C=O) groups is 1. The predicted molar refractivity (Wildman–Crippen MR) is 69.3 cm³/mol. The lowest BCUT2D eigenvalue weighted by Gasteiger charge is -2.34. The van der Waals surface area contributed by atoms with Crippen LogP contribution in [-0.2, 0) is 4.79 Å². The van der Waals surface area contributed by atoms with Crippen molar-refractivity contribution in [3.63, 3.8) is 0 Å². The Morgan fingerprint density at radius 3 is 2.75 bits per heavy atom. The van der Waals surface area contributed by atoms with Crippen LogP contribution < -0.4 is 10.6 Å². The highest BCUT2D eigenvalue weighted by molar-refractivity contribution is 5.78. The van der Waals surface area contributed by atoms with Gasteiger partial charge in [-0.05, 0) is 51.2 Å². The van der Waals surface area contributed by atoms with Gasteiger partial charge < -0.3 is 10.6 Å². The predicted octanol–water partition coefficient (Wildman–Crippen LogP) is 1.13. The van der Waals surface area contributed by atoms with Crippen molar-refractivity contribution in [3.8, 4) is 0 Å². The number of halogens is 3. The Labute approximate surface area is 117 Å². The van der Waals surface area contributed by atoms with Crippen molar-refractivity contribution in [2.24, 2.45) is 5.92 Å². The van der Waals surface area contributed by atoms with Crippen LogP contribution in [0.4, 0.5) is 13.2 Å². The molecule has 0 bridgehead atoms. The van der Waals surface area contributed by atoms with E-state index >= 15 is 0 Å². The first kappa shape index (κ1) is 15.6. The highest BCUT2D eigenvalue weighted by Gasteiger charge is 2.34. The molecule has 2 aliphatic heterocycles. The molecule has 2 fully saturated rings. The van der Waals surface area contributed by atoms with Crippen LogP contribution in [0.25, 0.3) is 0 Å². The van der Waals surface area contributed by atoms with E-state index in [1.165, 1.54) is 0 Å². The minimum Gasteiger partial charge on any atom is -0.346 e. The first-order chi connectivity index (χ1) is 9.46. The van der Waals surface area contributed by atoms with Crippen molar-refractivity contribution in [2.45, 2.75) is 37.9 Å². The molecule has 20 heavy (non-hydrogen) atoms. The third-order valence-corrected chi connectivity index (χ3v) is 4.13. The molecule has 1 amide bonds. The molecule has 2 heterocycles. The van der Waals surface area contributed by atoms with Crippen LogP contribution in [0.1, 0.15) is 25.7 Å². The number of likely N-dealkylation sites (tertiary alicyclic amines) is 1. The molecule has 2 saturated heterocycles. The highest BCUT2D eigenvalue weighted by atomic mass is 19.4.